The number of aromatic nitrogens is 1. The van der Waals surface area contributed by atoms with Crippen molar-refractivity contribution in [3.8, 4) is 6.07 Å². The van der Waals surface area contributed by atoms with Crippen molar-refractivity contribution >= 4 is 40.2 Å². The molecule has 172 valence electrons. The first-order valence-electron chi connectivity index (χ1n) is 11.3. The Morgan fingerprint density at radius 2 is 2.21 bits per heavy atom. The molecule has 0 radical (unpaired) electrons. The van der Waals surface area contributed by atoms with Crippen LogP contribution in [0.25, 0.3) is 10.9 Å². The van der Waals surface area contributed by atoms with Crippen molar-refractivity contribution in [2.75, 3.05) is 29.7 Å². The summed E-state index contributed by atoms with van der Waals surface area (Å²) in [4.78, 5) is 31.4. The van der Waals surface area contributed by atoms with Crippen molar-refractivity contribution in [3.05, 3.63) is 36.0 Å². The topological polar surface area (TPSA) is 101 Å². The third-order valence-electron chi connectivity index (χ3n) is 7.22. The minimum atomic E-state index is -0.429. The first-order chi connectivity index (χ1) is 15.9. The van der Waals surface area contributed by atoms with E-state index in [0.717, 1.165) is 23.1 Å². The van der Waals surface area contributed by atoms with Gasteiger partial charge in [0.25, 0.3) is 5.91 Å². The summed E-state index contributed by atoms with van der Waals surface area (Å²) in [6.45, 7) is 5.46. The lowest BCUT2D eigenvalue weighted by atomic mass is 9.86. The molecule has 8 nitrogen and oxygen atoms in total. The molecule has 1 aromatic heterocycles. The van der Waals surface area contributed by atoms with Crippen LogP contribution < -0.4 is 15.8 Å². The zero-order valence-corrected chi connectivity index (χ0v) is 19.7. The lowest BCUT2D eigenvalue weighted by Crippen LogP contribution is -2.42. The van der Waals surface area contributed by atoms with Gasteiger partial charge in [0.05, 0.1) is 35.3 Å². The summed E-state index contributed by atoms with van der Waals surface area (Å²) in [5.74, 6) is 1.16. The predicted octanol–water partition coefficient (Wildman–Crippen LogP) is 2.52. The van der Waals surface area contributed by atoms with Crippen LogP contribution in [0.1, 0.15) is 37.0 Å². The normalized spacial score (nSPS) is 25.8. The predicted molar refractivity (Wildman–Crippen MR) is 128 cm³/mol. The molecule has 2 saturated heterocycles. The van der Waals surface area contributed by atoms with E-state index in [4.69, 9.17) is 0 Å². The zero-order chi connectivity index (χ0) is 23.2. The van der Waals surface area contributed by atoms with E-state index in [1.165, 1.54) is 17.7 Å². The maximum atomic E-state index is 13.0. The number of nitrogens with one attached hydrogen (secondary N) is 2. The summed E-state index contributed by atoms with van der Waals surface area (Å²) in [6.07, 6.45) is 4.07. The van der Waals surface area contributed by atoms with Crippen molar-refractivity contribution < 1.29 is 9.59 Å². The Balaban J connectivity index is 1.33. The molecular formula is C24H28N6O2S. The fourth-order valence-corrected chi connectivity index (χ4v) is 6.38. The fraction of sp³-hybridized carbons (Fsp3) is 0.500. The number of benzene rings is 1. The molecule has 2 aromatic rings. The summed E-state index contributed by atoms with van der Waals surface area (Å²) < 4.78 is 0. The minimum Gasteiger partial charge on any atom is -0.343 e. The highest BCUT2D eigenvalue weighted by atomic mass is 32.2. The minimum absolute atomic E-state index is 0.132. The molecule has 2 aliphatic heterocycles. The highest BCUT2D eigenvalue weighted by molar-refractivity contribution is 7.99. The first-order valence-corrected chi connectivity index (χ1v) is 12.5. The number of carbonyl (C=O) groups excluding carboxylic acids is 2. The van der Waals surface area contributed by atoms with E-state index in [-0.39, 0.29) is 23.8 Å². The highest BCUT2D eigenvalue weighted by Crippen LogP contribution is 2.45. The number of nitriles is 1. The molecular weight excluding hydrogens is 436 g/mol. The largest absolute Gasteiger partial charge is 0.343 e. The second-order valence-corrected chi connectivity index (χ2v) is 10.8. The highest BCUT2D eigenvalue weighted by Gasteiger charge is 2.47. The fourth-order valence-electron chi connectivity index (χ4n) is 5.28. The molecule has 0 unspecified atom stereocenters. The van der Waals surface area contributed by atoms with Gasteiger partial charge in [-0.15, -0.1) is 11.8 Å². The Kier molecular flexibility index (Phi) is 5.67. The molecule has 2 amide bonds. The monoisotopic (exact) mass is 464 g/mol. The quantitative estimate of drug-likeness (QED) is 0.717. The standard InChI is InChI=1S/C24H28N6O2S/c1-24(2)7-5-15-12-30(28-22(15)24)16-3-4-20-19(9-16)18(6-8-26-20)23(32)27-11-21(31)29-14-33-13-17(29)10-25/h3-4,6,8-9,15,17,22,28H,5,7,11-14H2,1-2H3,(H,27,32)/t15-,17-,22-/m1/s1. The van der Waals surface area contributed by atoms with Gasteiger partial charge in [0.15, 0.2) is 0 Å². The summed E-state index contributed by atoms with van der Waals surface area (Å²) in [6, 6.07) is 9.83. The third-order valence-corrected chi connectivity index (χ3v) is 8.23. The molecule has 3 atom stereocenters. The van der Waals surface area contributed by atoms with Crippen LogP contribution in [0.15, 0.2) is 30.5 Å². The van der Waals surface area contributed by atoms with Gasteiger partial charge >= 0.3 is 0 Å². The van der Waals surface area contributed by atoms with E-state index in [2.05, 4.69) is 40.7 Å². The summed E-state index contributed by atoms with van der Waals surface area (Å²) in [5, 5.41) is 14.9. The lowest BCUT2D eigenvalue weighted by Gasteiger charge is -2.29. The molecule has 0 bridgehead atoms. The molecule has 1 saturated carbocycles. The van der Waals surface area contributed by atoms with Crippen LogP contribution in [-0.4, -0.2) is 58.5 Å². The van der Waals surface area contributed by atoms with Gasteiger partial charge in [0, 0.05) is 29.9 Å². The number of hydrogen-bond donors (Lipinski definition) is 2. The van der Waals surface area contributed by atoms with E-state index >= 15 is 0 Å². The molecule has 3 aliphatic rings. The van der Waals surface area contributed by atoms with Crippen LogP contribution in [-0.2, 0) is 4.79 Å². The van der Waals surface area contributed by atoms with Crippen molar-refractivity contribution in [1.29, 1.82) is 5.26 Å². The maximum Gasteiger partial charge on any atom is 0.252 e. The number of hydrazine groups is 1. The van der Waals surface area contributed by atoms with Crippen molar-refractivity contribution in [3.63, 3.8) is 0 Å². The number of fused-ring (bicyclic) bond motifs is 2. The van der Waals surface area contributed by atoms with E-state index in [1.807, 2.05) is 18.2 Å². The van der Waals surface area contributed by atoms with Gasteiger partial charge in [-0.25, -0.2) is 5.43 Å². The SMILES string of the molecule is CC1(C)CC[C@@H]2CN(c3ccc4nccc(C(=O)NCC(=O)N5CSC[C@H]5C#N)c4c3)N[C@H]21. The Hall–Kier alpha value is -2.83. The van der Waals surface area contributed by atoms with E-state index in [0.29, 0.717) is 29.2 Å². The molecule has 1 aromatic carbocycles. The van der Waals surface area contributed by atoms with Gasteiger partial charge in [0.1, 0.15) is 6.04 Å². The van der Waals surface area contributed by atoms with Crippen molar-refractivity contribution in [2.24, 2.45) is 11.3 Å². The van der Waals surface area contributed by atoms with Gasteiger partial charge in [0.2, 0.25) is 5.91 Å². The average Bonchev–Trinajstić information content (AvgIpc) is 3.53. The Morgan fingerprint density at radius 1 is 1.36 bits per heavy atom. The second-order valence-electron chi connectivity index (χ2n) is 9.76. The van der Waals surface area contributed by atoms with Crippen LogP contribution in [0.2, 0.25) is 0 Å². The van der Waals surface area contributed by atoms with Crippen LogP contribution in [0, 0.1) is 22.7 Å². The summed E-state index contributed by atoms with van der Waals surface area (Å²) in [7, 11) is 0. The molecule has 5 rings (SSSR count). The Morgan fingerprint density at radius 3 is 3.00 bits per heavy atom. The number of pyridine rings is 1. The molecule has 33 heavy (non-hydrogen) atoms. The molecule has 0 spiro atoms. The smallest absolute Gasteiger partial charge is 0.252 e. The van der Waals surface area contributed by atoms with Gasteiger partial charge in [-0.2, -0.15) is 5.26 Å². The number of rotatable bonds is 4. The maximum absolute atomic E-state index is 13.0. The van der Waals surface area contributed by atoms with Gasteiger partial charge < -0.3 is 15.2 Å². The molecule has 9 heteroatoms. The number of thioether (sulfide) groups is 1. The number of hydrogen-bond acceptors (Lipinski definition) is 7. The van der Waals surface area contributed by atoms with Crippen LogP contribution >= 0.6 is 11.8 Å². The van der Waals surface area contributed by atoms with Gasteiger partial charge in [-0.1, -0.05) is 13.8 Å². The second kappa shape index (κ2) is 8.50. The lowest BCUT2D eigenvalue weighted by molar-refractivity contribution is -0.129. The van der Waals surface area contributed by atoms with E-state index in [9.17, 15) is 14.9 Å². The molecule has 3 fully saturated rings. The molecule has 1 aliphatic carbocycles. The number of anilines is 1. The zero-order valence-electron chi connectivity index (χ0n) is 18.9. The van der Waals surface area contributed by atoms with Crippen LogP contribution in [0.3, 0.4) is 0 Å². The van der Waals surface area contributed by atoms with Crippen LogP contribution in [0.5, 0.6) is 0 Å². The van der Waals surface area contributed by atoms with Gasteiger partial charge in [-0.3, -0.25) is 14.6 Å². The van der Waals surface area contributed by atoms with E-state index < -0.39 is 6.04 Å². The van der Waals surface area contributed by atoms with Gasteiger partial charge in [-0.05, 0) is 48.4 Å². The summed E-state index contributed by atoms with van der Waals surface area (Å²) in [5.41, 5.74) is 6.19. The third kappa shape index (κ3) is 4.02. The Labute approximate surface area is 197 Å². The number of nitrogens with zero attached hydrogens (tertiary/aromatic N) is 4. The average molecular weight is 465 g/mol. The number of amides is 2. The Bertz CT molecular complexity index is 1150. The van der Waals surface area contributed by atoms with E-state index in [1.54, 1.807) is 24.0 Å². The number of carbonyl (C=O) groups is 2. The molecule has 3 heterocycles. The summed E-state index contributed by atoms with van der Waals surface area (Å²) >= 11 is 1.55. The first kappa shape index (κ1) is 22.0. The van der Waals surface area contributed by atoms with Crippen LogP contribution in [0.4, 0.5) is 5.69 Å². The van der Waals surface area contributed by atoms with Crippen molar-refractivity contribution in [2.45, 2.75) is 38.8 Å². The molecule has 2 N–H and O–H groups in total. The van der Waals surface area contributed by atoms with Crippen molar-refractivity contribution in [1.82, 2.24) is 20.6 Å².